The summed E-state index contributed by atoms with van der Waals surface area (Å²) in [5, 5.41) is 1.73. The van der Waals surface area contributed by atoms with Crippen LogP contribution < -0.4 is 29.8 Å². The third kappa shape index (κ3) is 9.18. The molecule has 1 heterocycles. The van der Waals surface area contributed by atoms with E-state index in [2.05, 4.69) is 52.5 Å². The Bertz CT molecular complexity index is 982. The zero-order valence-electron chi connectivity index (χ0n) is 17.4. The Morgan fingerprint density at radius 1 is 0.966 bits per heavy atom. The summed E-state index contributed by atoms with van der Waals surface area (Å²) < 4.78 is 36.2. The van der Waals surface area contributed by atoms with Crippen LogP contribution in [0.4, 0.5) is 0 Å². The first kappa shape index (κ1) is 25.5. The van der Waals surface area contributed by atoms with Gasteiger partial charge in [0, 0.05) is 20.2 Å². The van der Waals surface area contributed by atoms with Crippen molar-refractivity contribution < 1.29 is 34.6 Å². The van der Waals surface area contributed by atoms with E-state index >= 15 is 0 Å². The van der Waals surface area contributed by atoms with Crippen molar-refractivity contribution in [3.63, 3.8) is 0 Å². The normalized spacial score (nSPS) is 11.5. The van der Waals surface area contributed by atoms with Gasteiger partial charge in [-0.05, 0) is 62.9 Å². The lowest BCUT2D eigenvalue weighted by Gasteiger charge is -2.17. The molecule has 0 fully saturated rings. The van der Waals surface area contributed by atoms with Gasteiger partial charge >= 0.3 is 0 Å². The fraction of sp³-hybridized carbons (Fsp3) is 0.381. The molecule has 0 unspecified atom stereocenters. The molecular weight excluding hydrogens is 414 g/mol. The molecule has 0 aliphatic heterocycles. The molecule has 0 bridgehead atoms. The molecule has 3 rings (SSSR count). The van der Waals surface area contributed by atoms with Crippen LogP contribution in [0.15, 0.2) is 41.2 Å². The van der Waals surface area contributed by atoms with Gasteiger partial charge < -0.3 is 5.73 Å². The highest BCUT2D eigenvalue weighted by molar-refractivity contribution is 7.24. The van der Waals surface area contributed by atoms with Crippen LogP contribution in [0.2, 0.25) is 0 Å². The summed E-state index contributed by atoms with van der Waals surface area (Å²) in [5.74, 6) is 0. The molecule has 0 aliphatic rings. The van der Waals surface area contributed by atoms with Crippen LogP contribution >= 0.6 is 11.3 Å². The average Bonchev–Trinajstić information content (AvgIpc) is 2.58. The summed E-state index contributed by atoms with van der Waals surface area (Å²) in [6.45, 7) is 10.5. The number of hydrogen-bond acceptors (Lipinski definition) is 6. The van der Waals surface area contributed by atoms with Gasteiger partial charge in [0.05, 0.1) is 5.54 Å². The Balaban J connectivity index is 0.000000353. The van der Waals surface area contributed by atoms with Gasteiger partial charge in [-0.3, -0.25) is 4.79 Å². The smallest absolute Gasteiger partial charge is 0.195 e. The molecule has 2 aromatic carbocycles. The van der Waals surface area contributed by atoms with E-state index in [1.165, 1.54) is 11.1 Å². The molecule has 0 amide bonds. The van der Waals surface area contributed by atoms with Crippen LogP contribution in [0.5, 0.6) is 0 Å². The van der Waals surface area contributed by atoms with Crippen molar-refractivity contribution in [2.75, 3.05) is 0 Å². The Hall–Kier alpha value is -1.58. The van der Waals surface area contributed by atoms with E-state index in [-0.39, 0.29) is 11.0 Å². The molecule has 6 nitrogen and oxygen atoms in total. The molecule has 1 aromatic heterocycles. The largest absolute Gasteiger partial charge is 0.353 e. The van der Waals surface area contributed by atoms with Crippen LogP contribution in [0.3, 0.4) is 0 Å². The molecule has 0 atom stereocenters. The summed E-state index contributed by atoms with van der Waals surface area (Å²) in [4.78, 5) is 12.6. The Kier molecular flexibility index (Phi) is 9.17. The van der Waals surface area contributed by atoms with Crippen LogP contribution in [-0.2, 0) is 12.8 Å². The number of fused-ring (bicyclic) bond motifs is 2. The van der Waals surface area contributed by atoms with E-state index < -0.39 is 10.2 Å². The van der Waals surface area contributed by atoms with Crippen LogP contribution in [0.25, 0.3) is 20.2 Å². The first-order valence-corrected chi connectivity index (χ1v) is 11.2. The van der Waals surface area contributed by atoms with Crippen molar-refractivity contribution >= 4 is 31.5 Å². The maximum absolute atomic E-state index is 12.6. The van der Waals surface area contributed by atoms with Crippen molar-refractivity contribution in [3.05, 3.63) is 57.7 Å². The van der Waals surface area contributed by atoms with E-state index in [9.17, 15) is 4.79 Å². The summed E-state index contributed by atoms with van der Waals surface area (Å²) in [6, 6.07) is 12.2. The summed E-state index contributed by atoms with van der Waals surface area (Å²) >= 11 is 1.74. The maximum atomic E-state index is 12.6. The fourth-order valence-electron chi connectivity index (χ4n) is 2.51. The number of aryl methyl sites for hydroxylation is 2. The highest BCUT2D eigenvalue weighted by Gasteiger charge is 2.09. The monoisotopic (exact) mass is 441 g/mol. The fourth-order valence-corrected chi connectivity index (χ4v) is 3.74. The molecule has 160 valence electrons. The highest BCUT2D eigenvalue weighted by Crippen LogP contribution is 2.29. The number of benzene rings is 2. The maximum Gasteiger partial charge on any atom is 0.195 e. The van der Waals surface area contributed by atoms with E-state index in [1.54, 1.807) is 11.3 Å². The number of hydrogen-bond donors (Lipinski definition) is 1. The molecule has 0 saturated carbocycles. The van der Waals surface area contributed by atoms with Gasteiger partial charge in [0.1, 0.15) is 0 Å². The SMILES string of the molecule is CC(C)(C)[NH3+].CCc1cc(CC)c2sc3ccccc3c(=O)c2c1.[O-][Cl+3]([O-])([O-])[O-]. The molecule has 0 spiro atoms. The lowest BCUT2D eigenvalue weighted by molar-refractivity contribution is -2.00. The van der Waals surface area contributed by atoms with Crippen LogP contribution in [-0.4, -0.2) is 5.54 Å². The Labute approximate surface area is 177 Å². The molecule has 0 aliphatic carbocycles. The second-order valence-corrected chi connectivity index (χ2v) is 9.51. The van der Waals surface area contributed by atoms with Gasteiger partial charge in [-0.2, -0.15) is 0 Å². The quantitative estimate of drug-likeness (QED) is 0.549. The van der Waals surface area contributed by atoms with Crippen molar-refractivity contribution in [3.8, 4) is 0 Å². The summed E-state index contributed by atoms with van der Waals surface area (Å²) in [6.07, 6.45) is 1.94. The first-order chi connectivity index (χ1) is 13.2. The molecular formula is C21H28ClNO5S. The molecule has 29 heavy (non-hydrogen) atoms. The van der Waals surface area contributed by atoms with Gasteiger partial charge in [-0.1, -0.05) is 32.0 Å². The second-order valence-electron chi connectivity index (χ2n) is 7.70. The number of quaternary nitrogens is 1. The topological polar surface area (TPSA) is 137 Å². The van der Waals surface area contributed by atoms with Crippen molar-refractivity contribution in [1.82, 2.24) is 0 Å². The van der Waals surface area contributed by atoms with Crippen LogP contribution in [0.1, 0.15) is 45.7 Å². The van der Waals surface area contributed by atoms with Crippen molar-refractivity contribution in [2.24, 2.45) is 0 Å². The average molecular weight is 442 g/mol. The lowest BCUT2D eigenvalue weighted by Crippen LogP contribution is -2.68. The van der Waals surface area contributed by atoms with E-state index in [0.717, 1.165) is 33.0 Å². The molecule has 3 aromatic rings. The van der Waals surface area contributed by atoms with Gasteiger partial charge in [0.2, 0.25) is 0 Å². The second kappa shape index (κ2) is 10.4. The first-order valence-electron chi connectivity index (χ1n) is 9.19. The molecule has 0 saturated heterocycles. The minimum atomic E-state index is -4.94. The predicted octanol–water partition coefficient (Wildman–Crippen LogP) is -0.190. The summed E-state index contributed by atoms with van der Waals surface area (Å²) in [5.41, 5.74) is 6.74. The van der Waals surface area contributed by atoms with Gasteiger partial charge in [0.15, 0.2) is 5.43 Å². The standard InChI is InChI=1S/C17H16OS.C4H11N.ClHO4/c1-3-11-9-12(4-2)17-14(10-11)16(18)13-7-5-6-8-15(13)19-17;1-4(2,3)5;2-1(3,4)5/h5-10H,3-4H2,1-2H3;5H2,1-3H3;(H,2,3,4,5). The van der Waals surface area contributed by atoms with Crippen LogP contribution in [0, 0.1) is 10.2 Å². The minimum absolute atomic E-state index is 0.175. The lowest BCUT2D eigenvalue weighted by atomic mass is 10.0. The summed E-state index contributed by atoms with van der Waals surface area (Å²) in [7, 11) is -4.94. The van der Waals surface area contributed by atoms with Crippen molar-refractivity contribution in [2.45, 2.75) is 53.0 Å². The van der Waals surface area contributed by atoms with Gasteiger partial charge in [-0.25, -0.2) is 18.6 Å². The third-order valence-electron chi connectivity index (χ3n) is 3.60. The number of rotatable bonds is 2. The van der Waals surface area contributed by atoms with E-state index in [4.69, 9.17) is 18.6 Å². The Morgan fingerprint density at radius 3 is 1.97 bits per heavy atom. The van der Waals surface area contributed by atoms with Crippen molar-refractivity contribution in [1.29, 1.82) is 0 Å². The van der Waals surface area contributed by atoms with E-state index in [1.807, 2.05) is 24.3 Å². The zero-order chi connectivity index (χ0) is 22.4. The number of halogens is 1. The van der Waals surface area contributed by atoms with Gasteiger partial charge in [-0.15, -0.1) is 21.6 Å². The molecule has 0 radical (unpaired) electrons. The third-order valence-corrected chi connectivity index (χ3v) is 4.87. The van der Waals surface area contributed by atoms with Gasteiger partial charge in [0.25, 0.3) is 0 Å². The molecule has 8 heteroatoms. The van der Waals surface area contributed by atoms with E-state index in [0.29, 0.717) is 0 Å². The predicted molar refractivity (Wildman–Crippen MR) is 107 cm³/mol. The zero-order valence-corrected chi connectivity index (χ0v) is 19.0. The molecule has 3 N–H and O–H groups in total. The Morgan fingerprint density at radius 2 is 1.48 bits per heavy atom. The minimum Gasteiger partial charge on any atom is -0.353 e. The highest BCUT2D eigenvalue weighted by atomic mass is 35.7.